The fourth-order valence-corrected chi connectivity index (χ4v) is 2.60. The summed E-state index contributed by atoms with van der Waals surface area (Å²) in [6.07, 6.45) is -4.51. The largest absolute Gasteiger partial charge is 0.479 e. The first kappa shape index (κ1) is 18.5. The van der Waals surface area contributed by atoms with Gasteiger partial charge in [-0.3, -0.25) is 4.79 Å². The SMILES string of the molecule is CC(=O)NC(C(=O)O)c1c(C)nn(-c2cccc(C(F)(F)F)c2)c1C. The van der Waals surface area contributed by atoms with Gasteiger partial charge >= 0.3 is 12.1 Å². The molecule has 1 heterocycles. The predicted molar refractivity (Wildman–Crippen MR) is 82.2 cm³/mol. The van der Waals surface area contributed by atoms with Gasteiger partial charge in [0.1, 0.15) is 0 Å². The van der Waals surface area contributed by atoms with E-state index in [1.165, 1.54) is 37.6 Å². The van der Waals surface area contributed by atoms with Crippen LogP contribution in [0, 0.1) is 13.8 Å². The monoisotopic (exact) mass is 355 g/mol. The molecule has 134 valence electrons. The summed E-state index contributed by atoms with van der Waals surface area (Å²) in [6.45, 7) is 4.25. The van der Waals surface area contributed by atoms with Crippen LogP contribution in [0.1, 0.15) is 35.5 Å². The van der Waals surface area contributed by atoms with Crippen LogP contribution in [0.5, 0.6) is 0 Å². The number of amides is 1. The lowest BCUT2D eigenvalue weighted by Gasteiger charge is -2.14. The van der Waals surface area contributed by atoms with Crippen molar-refractivity contribution in [2.45, 2.75) is 33.0 Å². The fourth-order valence-electron chi connectivity index (χ4n) is 2.60. The van der Waals surface area contributed by atoms with Crippen molar-refractivity contribution >= 4 is 11.9 Å². The smallest absolute Gasteiger partial charge is 0.416 e. The van der Waals surface area contributed by atoms with Gasteiger partial charge in [0, 0.05) is 18.2 Å². The van der Waals surface area contributed by atoms with Crippen LogP contribution < -0.4 is 5.32 Å². The number of aromatic nitrogens is 2. The standard InChI is InChI=1S/C16H16F3N3O3/c1-8-13(14(15(24)25)20-10(3)23)9(2)22(21-8)12-6-4-5-11(7-12)16(17,18)19/h4-7,14H,1-3H3,(H,20,23)(H,24,25). The number of nitrogens with zero attached hydrogens (tertiary/aromatic N) is 2. The van der Waals surface area contributed by atoms with Crippen molar-refractivity contribution in [1.82, 2.24) is 15.1 Å². The van der Waals surface area contributed by atoms with Gasteiger partial charge in [-0.2, -0.15) is 18.3 Å². The maximum Gasteiger partial charge on any atom is 0.416 e. The minimum absolute atomic E-state index is 0.147. The topological polar surface area (TPSA) is 84.2 Å². The molecule has 0 aliphatic heterocycles. The van der Waals surface area contributed by atoms with Crippen molar-refractivity contribution in [3.63, 3.8) is 0 Å². The summed E-state index contributed by atoms with van der Waals surface area (Å²) in [7, 11) is 0. The molecule has 0 spiro atoms. The highest BCUT2D eigenvalue weighted by Gasteiger charge is 2.32. The van der Waals surface area contributed by atoms with E-state index in [0.717, 1.165) is 12.1 Å². The number of nitrogens with one attached hydrogen (secondary N) is 1. The summed E-state index contributed by atoms with van der Waals surface area (Å²) in [5, 5.41) is 15.8. The predicted octanol–water partition coefficient (Wildman–Crippen LogP) is 2.77. The molecule has 0 aliphatic carbocycles. The molecule has 0 bridgehead atoms. The van der Waals surface area contributed by atoms with Crippen molar-refractivity contribution in [3.8, 4) is 5.69 Å². The van der Waals surface area contributed by atoms with E-state index in [1.54, 1.807) is 0 Å². The molecule has 1 amide bonds. The number of benzene rings is 1. The molecule has 1 atom stereocenters. The average Bonchev–Trinajstić information content (AvgIpc) is 2.79. The molecule has 9 heteroatoms. The number of alkyl halides is 3. The minimum atomic E-state index is -4.51. The van der Waals surface area contributed by atoms with E-state index in [4.69, 9.17) is 0 Å². The Balaban J connectivity index is 2.56. The molecule has 2 aromatic rings. The third-order valence-electron chi connectivity index (χ3n) is 3.65. The molecule has 0 aliphatic rings. The third-order valence-corrected chi connectivity index (χ3v) is 3.65. The summed E-state index contributed by atoms with van der Waals surface area (Å²) < 4.78 is 39.9. The Morgan fingerprint density at radius 1 is 1.28 bits per heavy atom. The molecular formula is C16H16F3N3O3. The number of aryl methyl sites for hydroxylation is 1. The second-order valence-electron chi connectivity index (χ2n) is 5.52. The quantitative estimate of drug-likeness (QED) is 0.883. The van der Waals surface area contributed by atoms with E-state index < -0.39 is 29.7 Å². The number of aliphatic carboxylic acids is 1. The first-order valence-corrected chi connectivity index (χ1v) is 7.26. The lowest BCUT2D eigenvalue weighted by atomic mass is 10.0. The van der Waals surface area contributed by atoms with Crippen molar-refractivity contribution in [3.05, 3.63) is 46.8 Å². The second-order valence-corrected chi connectivity index (χ2v) is 5.52. The van der Waals surface area contributed by atoms with E-state index in [2.05, 4.69) is 10.4 Å². The Morgan fingerprint density at radius 2 is 1.92 bits per heavy atom. The van der Waals surface area contributed by atoms with Gasteiger partial charge < -0.3 is 10.4 Å². The number of carbonyl (C=O) groups is 2. The normalized spacial score (nSPS) is 12.7. The Kier molecular flexibility index (Phi) is 4.87. The highest BCUT2D eigenvalue weighted by molar-refractivity contribution is 5.83. The van der Waals surface area contributed by atoms with Gasteiger partial charge in [0.25, 0.3) is 0 Å². The number of carbonyl (C=O) groups excluding carboxylic acids is 1. The van der Waals surface area contributed by atoms with E-state index in [0.29, 0.717) is 11.4 Å². The number of rotatable bonds is 4. The lowest BCUT2D eigenvalue weighted by Crippen LogP contribution is -2.32. The van der Waals surface area contributed by atoms with Crippen LogP contribution in [0.25, 0.3) is 5.69 Å². The van der Waals surface area contributed by atoms with Gasteiger partial charge in [0.2, 0.25) is 5.91 Å². The van der Waals surface area contributed by atoms with Gasteiger partial charge in [0.15, 0.2) is 6.04 Å². The van der Waals surface area contributed by atoms with Gasteiger partial charge in [-0.05, 0) is 32.0 Å². The molecule has 1 unspecified atom stereocenters. The maximum atomic E-state index is 12.9. The molecule has 0 saturated heterocycles. The fraction of sp³-hybridized carbons (Fsp3) is 0.312. The highest BCUT2D eigenvalue weighted by atomic mass is 19.4. The minimum Gasteiger partial charge on any atom is -0.479 e. The van der Waals surface area contributed by atoms with Crippen molar-refractivity contribution in [2.75, 3.05) is 0 Å². The van der Waals surface area contributed by atoms with E-state index in [9.17, 15) is 27.9 Å². The molecular weight excluding hydrogens is 339 g/mol. The van der Waals surface area contributed by atoms with Crippen LogP contribution in [0.2, 0.25) is 0 Å². The van der Waals surface area contributed by atoms with E-state index in [1.807, 2.05) is 0 Å². The second kappa shape index (κ2) is 6.58. The number of hydrogen-bond acceptors (Lipinski definition) is 3. The van der Waals surface area contributed by atoms with Gasteiger partial charge in [0.05, 0.1) is 16.9 Å². The summed E-state index contributed by atoms with van der Waals surface area (Å²) >= 11 is 0. The zero-order valence-electron chi connectivity index (χ0n) is 13.7. The van der Waals surface area contributed by atoms with E-state index >= 15 is 0 Å². The molecule has 2 rings (SSSR count). The summed E-state index contributed by atoms with van der Waals surface area (Å²) in [5.74, 6) is -1.83. The molecule has 25 heavy (non-hydrogen) atoms. The van der Waals surface area contributed by atoms with Gasteiger partial charge in [-0.15, -0.1) is 0 Å². The molecule has 0 radical (unpaired) electrons. The highest BCUT2D eigenvalue weighted by Crippen LogP contribution is 2.31. The molecule has 1 aromatic carbocycles. The molecule has 0 saturated carbocycles. The Labute approximate surface area is 141 Å². The Morgan fingerprint density at radius 3 is 2.44 bits per heavy atom. The van der Waals surface area contributed by atoms with Crippen molar-refractivity contribution in [2.24, 2.45) is 0 Å². The summed E-state index contributed by atoms with van der Waals surface area (Å²) in [5.41, 5.74) is 0.179. The first-order valence-electron chi connectivity index (χ1n) is 7.26. The van der Waals surface area contributed by atoms with Crippen LogP contribution in [0.3, 0.4) is 0 Å². The van der Waals surface area contributed by atoms with Gasteiger partial charge in [-0.25, -0.2) is 9.48 Å². The number of halogens is 3. The van der Waals surface area contributed by atoms with Crippen LogP contribution in [0.15, 0.2) is 24.3 Å². The maximum absolute atomic E-state index is 12.9. The van der Waals surface area contributed by atoms with Crippen LogP contribution in [0.4, 0.5) is 13.2 Å². The van der Waals surface area contributed by atoms with E-state index in [-0.39, 0.29) is 11.3 Å². The zero-order valence-corrected chi connectivity index (χ0v) is 13.7. The first-order chi connectivity index (χ1) is 11.5. The number of hydrogen-bond donors (Lipinski definition) is 2. The van der Waals surface area contributed by atoms with Crippen LogP contribution in [-0.4, -0.2) is 26.8 Å². The van der Waals surface area contributed by atoms with Crippen molar-refractivity contribution < 1.29 is 27.9 Å². The number of carboxylic acid groups (broad SMARTS) is 1. The third kappa shape index (κ3) is 3.81. The van der Waals surface area contributed by atoms with Crippen LogP contribution in [-0.2, 0) is 15.8 Å². The summed E-state index contributed by atoms with van der Waals surface area (Å²) in [6, 6.07) is 3.21. The van der Waals surface area contributed by atoms with Gasteiger partial charge in [-0.1, -0.05) is 6.07 Å². The lowest BCUT2D eigenvalue weighted by molar-refractivity contribution is -0.141. The Hall–Kier alpha value is -2.84. The Bertz CT molecular complexity index is 828. The molecule has 1 aromatic heterocycles. The molecule has 2 N–H and O–H groups in total. The molecule has 0 fully saturated rings. The van der Waals surface area contributed by atoms with Crippen LogP contribution >= 0.6 is 0 Å². The zero-order chi connectivity index (χ0) is 18.9. The average molecular weight is 355 g/mol. The molecule has 6 nitrogen and oxygen atoms in total. The number of carboxylic acids is 1. The van der Waals surface area contributed by atoms with Crippen molar-refractivity contribution in [1.29, 1.82) is 0 Å². The summed E-state index contributed by atoms with van der Waals surface area (Å²) in [4.78, 5) is 22.7.